The van der Waals surface area contributed by atoms with Gasteiger partial charge in [0.1, 0.15) is 0 Å². The van der Waals surface area contributed by atoms with Gasteiger partial charge in [-0.15, -0.1) is 22.7 Å². The van der Waals surface area contributed by atoms with Gasteiger partial charge < -0.3 is 0 Å². The highest BCUT2D eigenvalue weighted by molar-refractivity contribution is 7.26. The van der Waals surface area contributed by atoms with Crippen LogP contribution >= 0.6 is 22.7 Å². The molecule has 2 heteroatoms. The molecule has 2 heterocycles. The Kier molecular flexibility index (Phi) is 5.49. The molecule has 0 N–H and O–H groups in total. The lowest BCUT2D eigenvalue weighted by molar-refractivity contribution is 0.591. The summed E-state index contributed by atoms with van der Waals surface area (Å²) in [5, 5.41) is 10.9. The Morgan fingerprint density at radius 2 is 1.12 bits per heavy atom. The zero-order valence-electron chi connectivity index (χ0n) is 25.1. The average molecular weight is 579 g/mol. The summed E-state index contributed by atoms with van der Waals surface area (Å²) in [6, 6.07) is 37.0. The number of rotatable bonds is 1. The summed E-state index contributed by atoms with van der Waals surface area (Å²) in [5.41, 5.74) is 5.57. The molecular formula is C40H34S2. The van der Waals surface area contributed by atoms with E-state index in [1.807, 2.05) is 22.7 Å². The van der Waals surface area contributed by atoms with Crippen LogP contribution in [0.5, 0.6) is 0 Å². The van der Waals surface area contributed by atoms with Gasteiger partial charge in [-0.1, -0.05) is 102 Å². The van der Waals surface area contributed by atoms with Crippen LogP contribution in [0.4, 0.5) is 0 Å². The fraction of sp³-hybridized carbons (Fsp3) is 0.200. The van der Waals surface area contributed by atoms with E-state index < -0.39 is 0 Å². The molecule has 0 atom stereocenters. The second-order valence-electron chi connectivity index (χ2n) is 13.8. The monoisotopic (exact) mass is 578 g/mol. The van der Waals surface area contributed by atoms with Gasteiger partial charge in [-0.25, -0.2) is 0 Å². The predicted molar refractivity (Wildman–Crippen MR) is 190 cm³/mol. The van der Waals surface area contributed by atoms with Crippen LogP contribution in [0, 0.1) is 0 Å². The number of thiophene rings is 2. The third kappa shape index (κ3) is 3.85. The molecule has 0 amide bonds. The van der Waals surface area contributed by atoms with E-state index >= 15 is 0 Å². The molecule has 42 heavy (non-hydrogen) atoms. The molecule has 0 saturated carbocycles. The van der Waals surface area contributed by atoms with Crippen molar-refractivity contribution in [3.05, 3.63) is 108 Å². The molecule has 0 nitrogen and oxygen atoms in total. The summed E-state index contributed by atoms with van der Waals surface area (Å²) in [6.45, 7) is 14.0. The Balaban J connectivity index is 1.47. The Labute approximate surface area is 255 Å². The zero-order valence-corrected chi connectivity index (χ0v) is 26.7. The molecule has 2 aromatic heterocycles. The van der Waals surface area contributed by atoms with Crippen LogP contribution in [-0.2, 0) is 10.8 Å². The normalized spacial score (nSPS) is 13.0. The molecule has 8 aromatic rings. The molecule has 6 aromatic carbocycles. The van der Waals surface area contributed by atoms with E-state index in [1.165, 1.54) is 84.1 Å². The lowest BCUT2D eigenvalue weighted by Crippen LogP contribution is -2.11. The molecule has 0 saturated heterocycles. The molecule has 0 aliphatic heterocycles. The van der Waals surface area contributed by atoms with Crippen molar-refractivity contribution in [1.29, 1.82) is 0 Å². The van der Waals surface area contributed by atoms with Gasteiger partial charge >= 0.3 is 0 Å². The summed E-state index contributed by atoms with van der Waals surface area (Å²) >= 11 is 3.86. The van der Waals surface area contributed by atoms with E-state index in [2.05, 4.69) is 139 Å². The van der Waals surface area contributed by atoms with E-state index in [1.54, 1.807) is 0 Å². The lowest BCUT2D eigenvalue weighted by atomic mass is 9.81. The first-order valence-electron chi connectivity index (χ1n) is 14.9. The molecule has 0 fully saturated rings. The van der Waals surface area contributed by atoms with Crippen LogP contribution in [0.15, 0.2) is 97.1 Å². The fourth-order valence-corrected chi connectivity index (χ4v) is 9.09. The summed E-state index contributed by atoms with van der Waals surface area (Å²) in [7, 11) is 0. The van der Waals surface area contributed by atoms with Crippen LogP contribution in [0.3, 0.4) is 0 Å². The molecule has 0 spiro atoms. The van der Waals surface area contributed by atoms with Gasteiger partial charge in [0.2, 0.25) is 0 Å². The molecule has 0 aliphatic carbocycles. The number of hydrogen-bond acceptors (Lipinski definition) is 2. The van der Waals surface area contributed by atoms with E-state index in [9.17, 15) is 0 Å². The quantitative estimate of drug-likeness (QED) is 0.182. The van der Waals surface area contributed by atoms with Crippen molar-refractivity contribution >= 4 is 84.6 Å². The van der Waals surface area contributed by atoms with E-state index in [4.69, 9.17) is 0 Å². The Morgan fingerprint density at radius 1 is 0.452 bits per heavy atom. The minimum absolute atomic E-state index is 0.0000819. The third-order valence-corrected chi connectivity index (χ3v) is 11.1. The first-order valence-corrected chi connectivity index (χ1v) is 16.5. The summed E-state index contributed by atoms with van der Waals surface area (Å²) in [5.74, 6) is 0. The second-order valence-corrected chi connectivity index (χ2v) is 16.0. The zero-order chi connectivity index (χ0) is 29.0. The van der Waals surface area contributed by atoms with Crippen LogP contribution in [0.25, 0.3) is 73.0 Å². The Hall–Kier alpha value is -3.72. The Bertz CT molecular complexity index is 2360. The molecule has 206 valence electrons. The van der Waals surface area contributed by atoms with Crippen molar-refractivity contribution < 1.29 is 0 Å². The van der Waals surface area contributed by atoms with Crippen molar-refractivity contribution in [2.45, 2.75) is 52.4 Å². The molecule has 8 rings (SSSR count). The van der Waals surface area contributed by atoms with Crippen molar-refractivity contribution in [2.24, 2.45) is 0 Å². The number of hydrogen-bond donors (Lipinski definition) is 0. The standard InChI is InChI=1S/C40H34S2/c1-39(2,3)25-16-18-32-30(21-25)36-28-14-10-9-13-27(28)29(22-35(36)41-32)24-19-31(40(4,5)6)38-34(20-24)42-33-17-15-23-11-7-8-12-26(23)37(33)38/h7-22H,1-6H3. The van der Waals surface area contributed by atoms with Crippen molar-refractivity contribution in [2.75, 3.05) is 0 Å². The highest BCUT2D eigenvalue weighted by Gasteiger charge is 2.24. The van der Waals surface area contributed by atoms with Gasteiger partial charge in [0.05, 0.1) is 0 Å². The number of benzene rings is 6. The van der Waals surface area contributed by atoms with Gasteiger partial charge in [0.25, 0.3) is 0 Å². The third-order valence-electron chi connectivity index (χ3n) is 8.93. The topological polar surface area (TPSA) is 0 Å². The van der Waals surface area contributed by atoms with E-state index in [-0.39, 0.29) is 10.8 Å². The van der Waals surface area contributed by atoms with Crippen LogP contribution in [0.2, 0.25) is 0 Å². The maximum atomic E-state index is 2.49. The van der Waals surface area contributed by atoms with Crippen molar-refractivity contribution in [3.63, 3.8) is 0 Å². The Morgan fingerprint density at radius 3 is 1.88 bits per heavy atom. The smallest absolute Gasteiger partial charge is 0.0368 e. The van der Waals surface area contributed by atoms with Gasteiger partial charge in [-0.2, -0.15) is 0 Å². The highest BCUT2D eigenvalue weighted by Crippen LogP contribution is 2.48. The van der Waals surface area contributed by atoms with Crippen molar-refractivity contribution in [1.82, 2.24) is 0 Å². The van der Waals surface area contributed by atoms with Crippen molar-refractivity contribution in [3.8, 4) is 11.1 Å². The SMILES string of the molecule is CC(C)(C)c1ccc2sc3cc(-c4cc(C(C)(C)C)c5c(c4)sc4ccc6ccccc6c45)c4ccccc4c3c2c1. The summed E-state index contributed by atoms with van der Waals surface area (Å²) in [6.07, 6.45) is 0. The molecular weight excluding hydrogens is 545 g/mol. The van der Waals surface area contributed by atoms with Crippen LogP contribution in [0.1, 0.15) is 52.7 Å². The first kappa shape index (κ1) is 25.9. The minimum atomic E-state index is 0.0000819. The maximum absolute atomic E-state index is 2.49. The van der Waals surface area contributed by atoms with Crippen LogP contribution in [-0.4, -0.2) is 0 Å². The minimum Gasteiger partial charge on any atom is -0.135 e. The molecule has 0 unspecified atom stereocenters. The molecule has 0 radical (unpaired) electrons. The van der Waals surface area contributed by atoms with Gasteiger partial charge in [-0.3, -0.25) is 0 Å². The first-order chi connectivity index (χ1) is 20.1. The van der Waals surface area contributed by atoms with E-state index in [0.29, 0.717) is 0 Å². The maximum Gasteiger partial charge on any atom is 0.0368 e. The second kappa shape index (κ2) is 8.89. The van der Waals surface area contributed by atoms with Crippen LogP contribution < -0.4 is 0 Å². The average Bonchev–Trinajstić information content (AvgIpc) is 3.53. The predicted octanol–water partition coefficient (Wildman–Crippen LogP) is 13.0. The molecule has 0 bridgehead atoms. The van der Waals surface area contributed by atoms with E-state index in [0.717, 1.165) is 0 Å². The summed E-state index contributed by atoms with van der Waals surface area (Å²) < 4.78 is 5.47. The van der Waals surface area contributed by atoms with Gasteiger partial charge in [0, 0.05) is 40.3 Å². The lowest BCUT2D eigenvalue weighted by Gasteiger charge is -2.22. The number of fused-ring (bicyclic) bond motifs is 10. The van der Waals surface area contributed by atoms with Gasteiger partial charge in [-0.05, 0) is 91.0 Å². The summed E-state index contributed by atoms with van der Waals surface area (Å²) in [4.78, 5) is 0. The largest absolute Gasteiger partial charge is 0.135 e. The molecule has 0 aliphatic rings. The fourth-order valence-electron chi connectivity index (χ4n) is 6.76. The van der Waals surface area contributed by atoms with Gasteiger partial charge in [0.15, 0.2) is 0 Å². The highest BCUT2D eigenvalue weighted by atomic mass is 32.1.